The van der Waals surface area contributed by atoms with Crippen molar-refractivity contribution in [3.8, 4) is 5.75 Å². The zero-order chi connectivity index (χ0) is 7.72. The molecule has 1 aromatic carbocycles. The second kappa shape index (κ2) is 2.59. The van der Waals surface area contributed by atoms with Crippen LogP contribution in [-0.2, 0) is 0 Å². The van der Waals surface area contributed by atoms with Gasteiger partial charge in [0.15, 0.2) is 0 Å². The number of benzene rings is 1. The van der Waals surface area contributed by atoms with Gasteiger partial charge in [0.2, 0.25) is 0 Å². The zero-order valence-corrected chi connectivity index (χ0v) is 7.33. The maximum Gasteiger partial charge on any atom is 0.122 e. The first kappa shape index (κ1) is 7.56. The summed E-state index contributed by atoms with van der Waals surface area (Å²) in [5.74, 6) is 0.355. The molecule has 0 fully saturated rings. The van der Waals surface area contributed by atoms with Gasteiger partial charge in [0, 0.05) is 5.30 Å². The highest BCUT2D eigenvalue weighted by Crippen LogP contribution is 2.14. The Morgan fingerprint density at radius 3 is 2.40 bits per heavy atom. The molecule has 0 radical (unpaired) electrons. The quantitative estimate of drug-likeness (QED) is 0.561. The Hall–Kier alpha value is -0.550. The fourth-order valence-electron chi connectivity index (χ4n) is 0.823. The third-order valence-corrected chi connectivity index (χ3v) is 2.49. The third kappa shape index (κ3) is 1.15. The third-order valence-electron chi connectivity index (χ3n) is 1.76. The molecule has 1 N–H and O–H groups in total. The first-order valence-corrected chi connectivity index (χ1v) is 3.75. The van der Waals surface area contributed by atoms with Crippen LogP contribution in [-0.4, -0.2) is 5.11 Å². The summed E-state index contributed by atoms with van der Waals surface area (Å²) in [6, 6.07) is 3.63. The zero-order valence-electron chi connectivity index (χ0n) is 6.18. The number of phenols is 1. The summed E-state index contributed by atoms with van der Waals surface area (Å²) in [7, 11) is 2.53. The van der Waals surface area contributed by atoms with E-state index in [-0.39, 0.29) is 0 Å². The van der Waals surface area contributed by atoms with Gasteiger partial charge in [-0.15, -0.1) is 9.24 Å². The van der Waals surface area contributed by atoms with Gasteiger partial charge in [0.25, 0.3) is 0 Å². The van der Waals surface area contributed by atoms with E-state index < -0.39 is 0 Å². The van der Waals surface area contributed by atoms with Crippen LogP contribution in [0.25, 0.3) is 0 Å². The fraction of sp³-hybridized carbons (Fsp3) is 0.250. The van der Waals surface area contributed by atoms with Crippen molar-refractivity contribution >= 4 is 14.5 Å². The smallest absolute Gasteiger partial charge is 0.122 e. The summed E-state index contributed by atoms with van der Waals surface area (Å²) in [5.41, 5.74) is 2.35. The van der Waals surface area contributed by atoms with E-state index in [1.54, 1.807) is 6.07 Å². The first-order valence-electron chi connectivity index (χ1n) is 3.17. The van der Waals surface area contributed by atoms with E-state index in [1.165, 1.54) is 5.56 Å². The van der Waals surface area contributed by atoms with Gasteiger partial charge in [-0.05, 0) is 31.0 Å². The highest BCUT2D eigenvalue weighted by molar-refractivity contribution is 7.28. The molecule has 0 amide bonds. The average molecular weight is 154 g/mol. The summed E-state index contributed by atoms with van der Waals surface area (Å²) in [6.07, 6.45) is 0. The van der Waals surface area contributed by atoms with Crippen molar-refractivity contribution in [1.82, 2.24) is 0 Å². The molecule has 0 spiro atoms. The van der Waals surface area contributed by atoms with Crippen LogP contribution in [0.1, 0.15) is 11.1 Å². The lowest BCUT2D eigenvalue weighted by molar-refractivity contribution is 0.479. The molecule has 0 saturated heterocycles. The van der Waals surface area contributed by atoms with Crippen LogP contribution in [0.3, 0.4) is 0 Å². The molecular formula is C8H11OP. The van der Waals surface area contributed by atoms with Crippen molar-refractivity contribution in [2.75, 3.05) is 0 Å². The molecule has 54 valence electrons. The molecule has 1 unspecified atom stereocenters. The molecule has 0 aliphatic carbocycles. The number of hydrogen-bond acceptors (Lipinski definition) is 1. The van der Waals surface area contributed by atoms with E-state index in [4.69, 9.17) is 0 Å². The number of phenolic OH excluding ortho intramolecular Hbond substituents is 1. The molecule has 0 aliphatic heterocycles. The van der Waals surface area contributed by atoms with E-state index in [2.05, 4.69) is 9.24 Å². The van der Waals surface area contributed by atoms with E-state index in [0.29, 0.717) is 5.75 Å². The summed E-state index contributed by atoms with van der Waals surface area (Å²) in [6.45, 7) is 4.03. The van der Waals surface area contributed by atoms with E-state index >= 15 is 0 Å². The predicted molar refractivity (Wildman–Crippen MR) is 46.9 cm³/mol. The molecule has 2 heteroatoms. The highest BCUT2D eigenvalue weighted by atomic mass is 31.0. The number of aromatic hydroxyl groups is 1. The van der Waals surface area contributed by atoms with E-state index in [1.807, 2.05) is 19.9 Å². The Morgan fingerprint density at radius 1 is 1.30 bits per heavy atom. The van der Waals surface area contributed by atoms with Crippen LogP contribution in [0, 0.1) is 13.8 Å². The molecule has 0 aromatic heterocycles. The maximum absolute atomic E-state index is 9.20. The molecule has 0 aliphatic rings. The molecular weight excluding hydrogens is 143 g/mol. The van der Waals surface area contributed by atoms with Gasteiger partial charge in [-0.25, -0.2) is 0 Å². The number of hydrogen-bond donors (Lipinski definition) is 1. The molecule has 1 aromatic rings. The summed E-state index contributed by atoms with van der Waals surface area (Å²) < 4.78 is 0. The lowest BCUT2D eigenvalue weighted by atomic mass is 10.1. The lowest BCUT2D eigenvalue weighted by Crippen LogP contribution is -1.99. The second-order valence-electron chi connectivity index (χ2n) is 2.44. The molecule has 1 atom stereocenters. The summed E-state index contributed by atoms with van der Waals surface area (Å²) >= 11 is 0. The molecule has 10 heavy (non-hydrogen) atoms. The van der Waals surface area contributed by atoms with Gasteiger partial charge in [-0.2, -0.15) is 0 Å². The minimum Gasteiger partial charge on any atom is -0.507 e. The summed E-state index contributed by atoms with van der Waals surface area (Å²) in [5, 5.41) is 10.1. The van der Waals surface area contributed by atoms with Gasteiger partial charge in [0.1, 0.15) is 5.75 Å². The van der Waals surface area contributed by atoms with Crippen molar-refractivity contribution in [3.63, 3.8) is 0 Å². The standard InChI is InChI=1S/C8H11OP/c1-5-3-4-7(9)8(10)6(5)2/h3-4,9H,10H2,1-2H3. The van der Waals surface area contributed by atoms with Crippen molar-refractivity contribution in [2.24, 2.45) is 0 Å². The first-order chi connectivity index (χ1) is 4.63. The second-order valence-corrected chi connectivity index (χ2v) is 3.02. The summed E-state index contributed by atoms with van der Waals surface area (Å²) in [4.78, 5) is 0. The Balaban J connectivity index is 3.34. The Labute approximate surface area is 63.3 Å². The van der Waals surface area contributed by atoms with Crippen molar-refractivity contribution < 1.29 is 5.11 Å². The van der Waals surface area contributed by atoms with Crippen molar-refractivity contribution in [2.45, 2.75) is 13.8 Å². The SMILES string of the molecule is Cc1ccc(O)c(P)c1C. The average Bonchev–Trinajstić information content (AvgIpc) is 1.93. The van der Waals surface area contributed by atoms with Gasteiger partial charge < -0.3 is 5.11 Å². The van der Waals surface area contributed by atoms with Crippen molar-refractivity contribution in [1.29, 1.82) is 0 Å². The molecule has 1 nitrogen and oxygen atoms in total. The largest absolute Gasteiger partial charge is 0.507 e. The number of aryl methyl sites for hydroxylation is 1. The van der Waals surface area contributed by atoms with E-state index in [0.717, 1.165) is 10.9 Å². The molecule has 1 rings (SSSR count). The Kier molecular flexibility index (Phi) is 1.96. The van der Waals surface area contributed by atoms with Crippen LogP contribution >= 0.6 is 9.24 Å². The predicted octanol–water partition coefficient (Wildman–Crippen LogP) is 1.51. The maximum atomic E-state index is 9.20. The monoisotopic (exact) mass is 154 g/mol. The van der Waals surface area contributed by atoms with Crippen LogP contribution in [0.4, 0.5) is 0 Å². The van der Waals surface area contributed by atoms with Gasteiger partial charge in [-0.3, -0.25) is 0 Å². The number of rotatable bonds is 0. The van der Waals surface area contributed by atoms with E-state index in [9.17, 15) is 5.11 Å². The van der Waals surface area contributed by atoms with Crippen LogP contribution in [0.15, 0.2) is 12.1 Å². The van der Waals surface area contributed by atoms with Crippen LogP contribution in [0.5, 0.6) is 5.75 Å². The fourth-order valence-corrected chi connectivity index (χ4v) is 1.15. The lowest BCUT2D eigenvalue weighted by Gasteiger charge is -2.04. The molecule has 0 saturated carbocycles. The minimum absolute atomic E-state index is 0.355. The van der Waals surface area contributed by atoms with Gasteiger partial charge in [0.05, 0.1) is 0 Å². The normalized spacial score (nSPS) is 9.90. The minimum atomic E-state index is 0.355. The van der Waals surface area contributed by atoms with Crippen molar-refractivity contribution in [3.05, 3.63) is 23.3 Å². The van der Waals surface area contributed by atoms with Crippen LogP contribution < -0.4 is 5.30 Å². The Bertz CT molecular complexity index is 229. The van der Waals surface area contributed by atoms with Crippen LogP contribution in [0.2, 0.25) is 0 Å². The molecule has 0 bridgehead atoms. The van der Waals surface area contributed by atoms with Gasteiger partial charge >= 0.3 is 0 Å². The van der Waals surface area contributed by atoms with Gasteiger partial charge in [-0.1, -0.05) is 6.07 Å². The highest BCUT2D eigenvalue weighted by Gasteiger charge is 2.00. The Morgan fingerprint density at radius 2 is 1.90 bits per heavy atom. The molecule has 0 heterocycles. The topological polar surface area (TPSA) is 20.2 Å².